The van der Waals surface area contributed by atoms with Crippen molar-refractivity contribution in [1.29, 1.82) is 0 Å². The number of hydrogen-bond acceptors (Lipinski definition) is 0. The molecule has 0 amide bonds. The smallest absolute Gasteiger partial charge is 0.369 e. The van der Waals surface area contributed by atoms with Crippen molar-refractivity contribution in [3.05, 3.63) is 0 Å². The summed E-state index contributed by atoms with van der Waals surface area (Å²) in [6, 6.07) is 0. The van der Waals surface area contributed by atoms with Crippen LogP contribution in [-0.4, -0.2) is 0 Å². The van der Waals surface area contributed by atoms with Crippen molar-refractivity contribution in [2.24, 2.45) is 0 Å². The van der Waals surface area contributed by atoms with Crippen molar-refractivity contribution in [3.8, 4) is 0 Å². The van der Waals surface area contributed by atoms with E-state index in [-0.39, 0.29) is 64.1 Å². The van der Waals surface area contributed by atoms with Crippen molar-refractivity contribution >= 4 is 0 Å². The third-order valence-corrected chi connectivity index (χ3v) is 0. The minimum Gasteiger partial charge on any atom is -1.00 e. The zero-order valence-electron chi connectivity index (χ0n) is 2.13. The fourth-order valence-electron chi connectivity index (χ4n) is 0. The number of rotatable bonds is 0. The van der Waals surface area contributed by atoms with Crippen LogP contribution in [-0.2, 0) is 0 Å². The van der Waals surface area contributed by atoms with Gasteiger partial charge in [-0.1, -0.05) is 0 Å². The molecule has 0 spiro atoms. The van der Waals surface area contributed by atoms with E-state index in [4.69, 9.17) is 0 Å². The summed E-state index contributed by atoms with van der Waals surface area (Å²) in [5.41, 5.74) is 0. The first-order valence-corrected chi connectivity index (χ1v) is 0. The Labute approximate surface area is 63.7 Å². The molecular formula is H4Br2IN-2. The Morgan fingerprint density at radius 1 is 0.750 bits per heavy atom. The lowest BCUT2D eigenvalue weighted by Crippen LogP contribution is -3.00. The summed E-state index contributed by atoms with van der Waals surface area (Å²) in [5, 5.41) is 0. The van der Waals surface area contributed by atoms with Crippen LogP contribution < -0.4 is 64.1 Å². The largest absolute Gasteiger partial charge is 1.00 e. The number of hydrogen-bond donors (Lipinski definition) is 1. The first kappa shape index (κ1) is 44.9. The molecule has 0 aromatic carbocycles. The molecule has 0 aliphatic heterocycles. The first-order chi connectivity index (χ1) is 0. The SMILES string of the molecule is [Br-].[Br-].[I-].[NH4+]. The van der Waals surface area contributed by atoms with Gasteiger partial charge in [-0.2, -0.15) is 0 Å². The predicted molar refractivity (Wildman–Crippen MR) is 5.98 cm³/mol. The average Bonchev–Trinajstić information content (AvgIpc) is 0. The van der Waals surface area contributed by atoms with Gasteiger partial charge in [-0.25, -0.2) is 0 Å². The second kappa shape index (κ2) is 22.8. The zero-order valence-corrected chi connectivity index (χ0v) is 7.46. The molecule has 0 fully saturated rings. The van der Waals surface area contributed by atoms with Gasteiger partial charge in [0, 0.05) is 0 Å². The Hall–Kier alpha value is 1.65. The van der Waals surface area contributed by atoms with E-state index in [2.05, 4.69) is 0 Å². The second-order valence-corrected chi connectivity index (χ2v) is 0. The first-order valence-electron chi connectivity index (χ1n) is 0. The lowest BCUT2D eigenvalue weighted by atomic mass is 14.0. The molecule has 0 aliphatic rings. The van der Waals surface area contributed by atoms with Crippen molar-refractivity contribution in [1.82, 2.24) is 6.15 Å². The highest BCUT2D eigenvalue weighted by atomic mass is 127. The maximum absolute atomic E-state index is 0. The highest BCUT2D eigenvalue weighted by molar-refractivity contribution is 2.13. The van der Waals surface area contributed by atoms with Crippen molar-refractivity contribution in [2.45, 2.75) is 0 Å². The molecule has 0 atom stereocenters. The third-order valence-electron chi connectivity index (χ3n) is 0. The van der Waals surface area contributed by atoms with Crippen LogP contribution in [0.2, 0.25) is 0 Å². The van der Waals surface area contributed by atoms with Gasteiger partial charge in [-0.15, -0.1) is 0 Å². The fourth-order valence-corrected chi connectivity index (χ4v) is 0. The van der Waals surface area contributed by atoms with Crippen LogP contribution in [0.15, 0.2) is 0 Å². The van der Waals surface area contributed by atoms with E-state index in [1.807, 2.05) is 0 Å². The van der Waals surface area contributed by atoms with Gasteiger partial charge in [-0.05, 0) is 0 Å². The molecule has 1 nitrogen and oxygen atoms in total. The zero-order chi connectivity index (χ0) is 0. The van der Waals surface area contributed by atoms with E-state index in [9.17, 15) is 0 Å². The normalized spacial score (nSPS) is 0. The summed E-state index contributed by atoms with van der Waals surface area (Å²) in [5.74, 6) is 0. The Morgan fingerprint density at radius 2 is 0.750 bits per heavy atom. The van der Waals surface area contributed by atoms with Gasteiger partial charge < -0.3 is 64.1 Å². The monoisotopic (exact) mass is 303 g/mol. The topological polar surface area (TPSA) is 36.5 Å². The van der Waals surface area contributed by atoms with Crippen LogP contribution >= 0.6 is 0 Å². The van der Waals surface area contributed by atoms with Gasteiger partial charge in [0.2, 0.25) is 0 Å². The highest BCUT2D eigenvalue weighted by Gasteiger charge is -0.369. The minimum absolute atomic E-state index is 0. The Balaban J connectivity index is 0. The van der Waals surface area contributed by atoms with Gasteiger partial charge in [0.15, 0.2) is 0 Å². The fraction of sp³-hybridized carbons (Fsp3) is 0. The summed E-state index contributed by atoms with van der Waals surface area (Å²) in [6.07, 6.45) is 0. The Kier molecular flexibility index (Phi) is 255. The number of halogens is 3. The van der Waals surface area contributed by atoms with Crippen LogP contribution in [0.3, 0.4) is 0 Å². The quantitative estimate of drug-likeness (QED) is 0.432. The molecule has 0 bridgehead atoms. The van der Waals surface area contributed by atoms with E-state index in [0.29, 0.717) is 0 Å². The summed E-state index contributed by atoms with van der Waals surface area (Å²) >= 11 is 0. The number of quaternary nitrogens is 1. The molecule has 0 aliphatic carbocycles. The Bertz CT molecular complexity index is 6.00. The maximum Gasteiger partial charge on any atom is -0.369 e. The average molecular weight is 305 g/mol. The van der Waals surface area contributed by atoms with Crippen LogP contribution in [0.1, 0.15) is 0 Å². The molecule has 0 radical (unpaired) electrons. The van der Waals surface area contributed by atoms with E-state index in [1.165, 1.54) is 0 Å². The summed E-state index contributed by atoms with van der Waals surface area (Å²) in [4.78, 5) is 0. The Morgan fingerprint density at radius 3 is 0.750 bits per heavy atom. The molecule has 0 aromatic heterocycles. The molecule has 0 saturated carbocycles. The molecule has 4 heteroatoms. The predicted octanol–water partition coefficient (Wildman–Crippen LogP) is -8.61. The van der Waals surface area contributed by atoms with Crippen molar-refractivity contribution in [3.63, 3.8) is 0 Å². The molecule has 0 aromatic rings. The van der Waals surface area contributed by atoms with Gasteiger partial charge in [0.1, 0.15) is 0 Å². The molecule has 0 unspecified atom stereocenters. The third kappa shape index (κ3) is 9.41. The van der Waals surface area contributed by atoms with Gasteiger partial charge in [0.25, 0.3) is 0 Å². The molecular weight excluding hydrogens is 301 g/mol. The maximum atomic E-state index is 0. The van der Waals surface area contributed by atoms with E-state index >= 15 is 0 Å². The van der Waals surface area contributed by atoms with Gasteiger partial charge >= 0.3 is 0 Å². The van der Waals surface area contributed by atoms with Gasteiger partial charge in [0.05, 0.1) is 0 Å². The van der Waals surface area contributed by atoms with E-state index < -0.39 is 0 Å². The van der Waals surface area contributed by atoms with Crippen molar-refractivity contribution in [2.75, 3.05) is 0 Å². The molecule has 32 valence electrons. The van der Waals surface area contributed by atoms with Crippen LogP contribution in [0.5, 0.6) is 0 Å². The lowest BCUT2D eigenvalue weighted by molar-refractivity contribution is -0.001000. The molecule has 0 saturated heterocycles. The van der Waals surface area contributed by atoms with Crippen molar-refractivity contribution < 1.29 is 57.9 Å². The summed E-state index contributed by atoms with van der Waals surface area (Å²) < 4.78 is 0. The van der Waals surface area contributed by atoms with Crippen LogP contribution in [0.25, 0.3) is 0 Å². The standard InChI is InChI=1S/2BrH.HI.H3N/h3*1H;1H3/p-2. The minimum atomic E-state index is 0. The molecule has 4 N–H and O–H groups in total. The summed E-state index contributed by atoms with van der Waals surface area (Å²) in [6.45, 7) is 0. The van der Waals surface area contributed by atoms with Gasteiger partial charge in [-0.3, -0.25) is 0 Å². The van der Waals surface area contributed by atoms with Crippen LogP contribution in [0, 0.1) is 0 Å². The van der Waals surface area contributed by atoms with E-state index in [1.54, 1.807) is 0 Å². The summed E-state index contributed by atoms with van der Waals surface area (Å²) in [7, 11) is 0. The molecule has 0 heterocycles. The van der Waals surface area contributed by atoms with Crippen LogP contribution in [0.4, 0.5) is 0 Å². The van der Waals surface area contributed by atoms with E-state index in [0.717, 1.165) is 0 Å². The molecule has 4 heavy (non-hydrogen) atoms. The lowest BCUT2D eigenvalue weighted by Gasteiger charge is -1.00. The molecule has 0 rings (SSSR count). The highest BCUT2D eigenvalue weighted by Crippen LogP contribution is -0.481. The second-order valence-electron chi connectivity index (χ2n) is 0.